The summed E-state index contributed by atoms with van der Waals surface area (Å²) in [5.74, 6) is -0.535. The molecule has 1 aromatic carbocycles. The highest BCUT2D eigenvalue weighted by molar-refractivity contribution is 5.96. The number of rotatable bonds is 6. The van der Waals surface area contributed by atoms with E-state index in [1.807, 2.05) is 33.2 Å². The van der Waals surface area contributed by atoms with E-state index in [0.29, 0.717) is 17.9 Å². The number of pyridine rings is 1. The van der Waals surface area contributed by atoms with Gasteiger partial charge in [-0.1, -0.05) is 12.1 Å². The fourth-order valence-corrected chi connectivity index (χ4v) is 4.09. The SMILES string of the molecule is Cc1nn(C)cc1Cn1cc(NC(=O)Cn2nc(C)c3c(-c4ccc(F)cc4)ccnc32)cn1. The summed E-state index contributed by atoms with van der Waals surface area (Å²) in [6.45, 7) is 4.38. The Balaban J connectivity index is 1.33. The fraction of sp³-hybridized carbons (Fsp3) is 0.208. The Kier molecular flexibility index (Phi) is 5.40. The molecule has 9 nitrogen and oxygen atoms in total. The van der Waals surface area contributed by atoms with Gasteiger partial charge in [0.05, 0.1) is 29.8 Å². The van der Waals surface area contributed by atoms with Crippen LogP contribution < -0.4 is 5.32 Å². The van der Waals surface area contributed by atoms with Gasteiger partial charge in [-0.15, -0.1) is 0 Å². The molecular weight excluding hydrogens is 435 g/mol. The van der Waals surface area contributed by atoms with E-state index < -0.39 is 0 Å². The van der Waals surface area contributed by atoms with E-state index in [-0.39, 0.29) is 18.3 Å². The van der Waals surface area contributed by atoms with Gasteiger partial charge in [0, 0.05) is 36.6 Å². The topological polar surface area (TPSA) is 95.5 Å². The van der Waals surface area contributed by atoms with Crippen molar-refractivity contribution in [1.29, 1.82) is 0 Å². The first-order chi connectivity index (χ1) is 16.4. The maximum Gasteiger partial charge on any atom is 0.246 e. The molecule has 5 rings (SSSR count). The van der Waals surface area contributed by atoms with Crippen LogP contribution in [0, 0.1) is 19.7 Å². The second-order valence-electron chi connectivity index (χ2n) is 8.20. The predicted octanol–water partition coefficient (Wildman–Crippen LogP) is 3.47. The second-order valence-corrected chi connectivity index (χ2v) is 8.20. The van der Waals surface area contributed by atoms with Crippen molar-refractivity contribution in [3.8, 4) is 11.1 Å². The Morgan fingerprint density at radius 2 is 1.85 bits per heavy atom. The second kappa shape index (κ2) is 8.54. The van der Waals surface area contributed by atoms with Crippen molar-refractivity contribution in [1.82, 2.24) is 34.3 Å². The van der Waals surface area contributed by atoms with E-state index in [0.717, 1.165) is 33.5 Å². The van der Waals surface area contributed by atoms with E-state index >= 15 is 0 Å². The van der Waals surface area contributed by atoms with Crippen LogP contribution in [0.1, 0.15) is 17.0 Å². The number of benzene rings is 1. The van der Waals surface area contributed by atoms with Gasteiger partial charge in [-0.2, -0.15) is 15.3 Å². The molecule has 10 heteroatoms. The minimum atomic E-state index is -0.294. The quantitative estimate of drug-likeness (QED) is 0.420. The summed E-state index contributed by atoms with van der Waals surface area (Å²) in [4.78, 5) is 17.2. The van der Waals surface area contributed by atoms with Crippen LogP contribution in [0.5, 0.6) is 0 Å². The number of hydrogen-bond acceptors (Lipinski definition) is 5. The maximum absolute atomic E-state index is 13.4. The standard InChI is InChI=1S/C24H23FN8O/c1-15-18(11-31(3)29-15)12-32-13-20(10-27-32)28-22(34)14-33-24-23(16(2)30-33)21(8-9-26-24)17-4-6-19(25)7-5-17/h4-11,13H,12,14H2,1-3H3,(H,28,34). The first-order valence-electron chi connectivity index (χ1n) is 10.8. The lowest BCUT2D eigenvalue weighted by molar-refractivity contribution is -0.116. The molecule has 0 aliphatic carbocycles. The van der Waals surface area contributed by atoms with Crippen LogP contribution in [0.3, 0.4) is 0 Å². The van der Waals surface area contributed by atoms with Gasteiger partial charge in [0.2, 0.25) is 5.91 Å². The lowest BCUT2D eigenvalue weighted by Crippen LogP contribution is -2.19. The van der Waals surface area contributed by atoms with Gasteiger partial charge in [-0.05, 0) is 43.2 Å². The normalized spacial score (nSPS) is 11.3. The first-order valence-corrected chi connectivity index (χ1v) is 10.8. The monoisotopic (exact) mass is 458 g/mol. The molecule has 0 saturated carbocycles. The largest absolute Gasteiger partial charge is 0.322 e. The highest BCUT2D eigenvalue weighted by atomic mass is 19.1. The molecule has 0 saturated heterocycles. The van der Waals surface area contributed by atoms with Gasteiger partial charge in [0.25, 0.3) is 0 Å². The third-order valence-corrected chi connectivity index (χ3v) is 5.62. The Labute approximate surface area is 194 Å². The van der Waals surface area contributed by atoms with Crippen LogP contribution in [0.15, 0.2) is 55.1 Å². The van der Waals surface area contributed by atoms with E-state index in [2.05, 4.69) is 25.6 Å². The Morgan fingerprint density at radius 3 is 2.59 bits per heavy atom. The molecule has 0 bridgehead atoms. The summed E-state index contributed by atoms with van der Waals surface area (Å²) in [6.07, 6.45) is 7.01. The molecule has 0 unspecified atom stereocenters. The average Bonchev–Trinajstić information content (AvgIpc) is 3.46. The van der Waals surface area contributed by atoms with E-state index in [9.17, 15) is 9.18 Å². The van der Waals surface area contributed by atoms with Crippen LogP contribution in [0.25, 0.3) is 22.2 Å². The van der Waals surface area contributed by atoms with Crippen LogP contribution >= 0.6 is 0 Å². The molecule has 0 spiro atoms. The molecule has 5 aromatic rings. The highest BCUT2D eigenvalue weighted by Crippen LogP contribution is 2.30. The molecule has 0 radical (unpaired) electrons. The van der Waals surface area contributed by atoms with E-state index in [1.54, 1.807) is 44.8 Å². The first kappa shape index (κ1) is 21.5. The Hall–Kier alpha value is -4.34. The van der Waals surface area contributed by atoms with Crippen molar-refractivity contribution < 1.29 is 9.18 Å². The molecule has 4 aromatic heterocycles. The Morgan fingerprint density at radius 1 is 1.06 bits per heavy atom. The predicted molar refractivity (Wildman–Crippen MR) is 126 cm³/mol. The summed E-state index contributed by atoms with van der Waals surface area (Å²) in [6, 6.07) is 8.15. The van der Waals surface area contributed by atoms with Crippen molar-refractivity contribution in [2.75, 3.05) is 5.32 Å². The average molecular weight is 459 g/mol. The van der Waals surface area contributed by atoms with Crippen molar-refractivity contribution in [2.24, 2.45) is 7.05 Å². The number of aromatic nitrogens is 7. The minimum absolute atomic E-state index is 0.00287. The van der Waals surface area contributed by atoms with Gasteiger partial charge in [-0.3, -0.25) is 14.2 Å². The molecule has 1 N–H and O–H groups in total. The molecule has 1 amide bonds. The summed E-state index contributed by atoms with van der Waals surface area (Å²) < 4.78 is 18.5. The molecule has 0 aliphatic rings. The lowest BCUT2D eigenvalue weighted by atomic mass is 10.0. The van der Waals surface area contributed by atoms with Crippen LogP contribution in [0.2, 0.25) is 0 Å². The van der Waals surface area contributed by atoms with Crippen molar-refractivity contribution in [2.45, 2.75) is 26.9 Å². The molecule has 0 fully saturated rings. The minimum Gasteiger partial charge on any atom is -0.322 e. The number of nitrogens with zero attached hydrogens (tertiary/aromatic N) is 7. The zero-order valence-corrected chi connectivity index (χ0v) is 19.0. The molecule has 172 valence electrons. The third kappa shape index (κ3) is 4.17. The van der Waals surface area contributed by atoms with Crippen LogP contribution in [0.4, 0.5) is 10.1 Å². The van der Waals surface area contributed by atoms with Crippen LogP contribution in [-0.4, -0.2) is 40.2 Å². The zero-order valence-electron chi connectivity index (χ0n) is 19.0. The van der Waals surface area contributed by atoms with E-state index in [1.165, 1.54) is 12.1 Å². The van der Waals surface area contributed by atoms with Gasteiger partial charge in [0.1, 0.15) is 12.4 Å². The smallest absolute Gasteiger partial charge is 0.246 e. The Bertz CT molecular complexity index is 1500. The van der Waals surface area contributed by atoms with Crippen molar-refractivity contribution in [3.05, 3.63) is 77.9 Å². The van der Waals surface area contributed by atoms with Crippen molar-refractivity contribution >= 4 is 22.6 Å². The molecular formula is C24H23FN8O. The van der Waals surface area contributed by atoms with Gasteiger partial charge < -0.3 is 5.32 Å². The maximum atomic E-state index is 13.4. The summed E-state index contributed by atoms with van der Waals surface area (Å²) >= 11 is 0. The lowest BCUT2D eigenvalue weighted by Gasteiger charge is -2.06. The molecule has 34 heavy (non-hydrogen) atoms. The molecule has 4 heterocycles. The van der Waals surface area contributed by atoms with Gasteiger partial charge >= 0.3 is 0 Å². The number of hydrogen-bond donors (Lipinski definition) is 1. The van der Waals surface area contributed by atoms with Gasteiger partial charge in [0.15, 0.2) is 5.65 Å². The molecule has 0 atom stereocenters. The van der Waals surface area contributed by atoms with Gasteiger partial charge in [-0.25, -0.2) is 14.1 Å². The number of halogens is 1. The number of anilines is 1. The molecule has 0 aliphatic heterocycles. The third-order valence-electron chi connectivity index (χ3n) is 5.62. The number of carbonyl (C=O) groups is 1. The summed E-state index contributed by atoms with van der Waals surface area (Å²) in [7, 11) is 1.88. The number of amides is 1. The highest BCUT2D eigenvalue weighted by Gasteiger charge is 2.16. The van der Waals surface area contributed by atoms with Crippen LogP contribution in [-0.2, 0) is 24.9 Å². The number of nitrogens with one attached hydrogen (secondary N) is 1. The zero-order chi connectivity index (χ0) is 23.8. The number of aryl methyl sites for hydroxylation is 3. The number of fused-ring (bicyclic) bond motifs is 1. The van der Waals surface area contributed by atoms with Crippen molar-refractivity contribution in [3.63, 3.8) is 0 Å². The summed E-state index contributed by atoms with van der Waals surface area (Å²) in [5.41, 5.74) is 5.69. The summed E-state index contributed by atoms with van der Waals surface area (Å²) in [5, 5.41) is 16.9. The fourth-order valence-electron chi connectivity index (χ4n) is 4.09. The number of carbonyl (C=O) groups excluding carboxylic acids is 1. The van der Waals surface area contributed by atoms with E-state index in [4.69, 9.17) is 0 Å².